The number of rotatable bonds is 4. The zero-order valence-electron chi connectivity index (χ0n) is 10.3. The molecule has 2 N–H and O–H groups in total. The number of hydrogen-bond donors (Lipinski definition) is 1. The van der Waals surface area contributed by atoms with E-state index >= 15 is 0 Å². The van der Waals surface area contributed by atoms with Gasteiger partial charge >= 0.3 is 0 Å². The number of nitrogen functional groups attached to an aromatic ring is 1. The molecule has 94 valence electrons. The summed E-state index contributed by atoms with van der Waals surface area (Å²) >= 11 is 0. The fraction of sp³-hybridized carbons (Fsp3) is 0.214. The Morgan fingerprint density at radius 2 is 2.17 bits per heavy atom. The van der Waals surface area contributed by atoms with Crippen LogP contribution in [0.3, 0.4) is 0 Å². The van der Waals surface area contributed by atoms with Gasteiger partial charge in [0.05, 0.1) is 18.9 Å². The van der Waals surface area contributed by atoms with E-state index in [-0.39, 0.29) is 5.91 Å². The maximum Gasteiger partial charge on any atom is 0.227 e. The maximum atomic E-state index is 12.0. The molecule has 0 aliphatic heterocycles. The van der Waals surface area contributed by atoms with Crippen LogP contribution in [0.25, 0.3) is 0 Å². The Morgan fingerprint density at radius 1 is 1.33 bits per heavy atom. The second-order valence-corrected chi connectivity index (χ2v) is 4.30. The summed E-state index contributed by atoms with van der Waals surface area (Å²) in [5.41, 5.74) is 8.28. The van der Waals surface area contributed by atoms with E-state index in [2.05, 4.69) is 0 Å². The quantitative estimate of drug-likeness (QED) is 0.837. The molecule has 2 aromatic rings. The molecule has 0 aliphatic rings. The van der Waals surface area contributed by atoms with Crippen LogP contribution in [0.1, 0.15) is 11.1 Å². The first kappa shape index (κ1) is 12.2. The van der Waals surface area contributed by atoms with Gasteiger partial charge in [-0.25, -0.2) is 0 Å². The Balaban J connectivity index is 1.95. The fourth-order valence-corrected chi connectivity index (χ4v) is 1.76. The number of carbonyl (C=O) groups is 1. The van der Waals surface area contributed by atoms with Crippen molar-refractivity contribution in [2.45, 2.75) is 13.0 Å². The third-order valence-electron chi connectivity index (χ3n) is 2.73. The van der Waals surface area contributed by atoms with Gasteiger partial charge in [-0.15, -0.1) is 0 Å². The zero-order valence-corrected chi connectivity index (χ0v) is 10.3. The number of likely N-dealkylation sites (N-methyl/N-ethyl adjacent to an activating group) is 1. The monoisotopic (exact) mass is 244 g/mol. The number of carbonyl (C=O) groups excluding carboxylic acids is 1. The van der Waals surface area contributed by atoms with Crippen molar-refractivity contribution in [1.29, 1.82) is 0 Å². The Kier molecular flexibility index (Phi) is 3.67. The number of amides is 1. The first-order valence-corrected chi connectivity index (χ1v) is 5.74. The van der Waals surface area contributed by atoms with E-state index < -0.39 is 0 Å². The molecule has 0 radical (unpaired) electrons. The molecule has 4 heteroatoms. The second kappa shape index (κ2) is 5.40. The highest BCUT2D eigenvalue weighted by Crippen LogP contribution is 2.10. The number of furan rings is 1. The van der Waals surface area contributed by atoms with E-state index in [1.54, 1.807) is 24.5 Å². The highest BCUT2D eigenvalue weighted by molar-refractivity contribution is 5.78. The van der Waals surface area contributed by atoms with Crippen molar-refractivity contribution in [2.24, 2.45) is 0 Å². The molecule has 1 heterocycles. The first-order chi connectivity index (χ1) is 8.65. The van der Waals surface area contributed by atoms with Crippen molar-refractivity contribution < 1.29 is 9.21 Å². The lowest BCUT2D eigenvalue weighted by atomic mass is 10.1. The molecule has 0 spiro atoms. The van der Waals surface area contributed by atoms with Crippen LogP contribution < -0.4 is 5.73 Å². The van der Waals surface area contributed by atoms with Gasteiger partial charge in [-0.3, -0.25) is 4.79 Å². The SMILES string of the molecule is CN(Cc1ccoc1)C(=O)Cc1cccc(N)c1. The predicted molar refractivity (Wildman–Crippen MR) is 69.7 cm³/mol. The van der Waals surface area contributed by atoms with Crippen molar-refractivity contribution in [2.75, 3.05) is 12.8 Å². The molecule has 0 aliphatic carbocycles. The Morgan fingerprint density at radius 3 is 2.83 bits per heavy atom. The lowest BCUT2D eigenvalue weighted by molar-refractivity contribution is -0.129. The Labute approximate surface area is 106 Å². The van der Waals surface area contributed by atoms with Gasteiger partial charge in [-0.2, -0.15) is 0 Å². The van der Waals surface area contributed by atoms with Gasteiger partial charge in [0.15, 0.2) is 0 Å². The molecule has 0 saturated heterocycles. The summed E-state index contributed by atoms with van der Waals surface area (Å²) in [5, 5.41) is 0. The number of anilines is 1. The molecule has 0 unspecified atom stereocenters. The first-order valence-electron chi connectivity index (χ1n) is 5.74. The number of benzene rings is 1. The highest BCUT2D eigenvalue weighted by atomic mass is 16.3. The van der Waals surface area contributed by atoms with E-state index in [9.17, 15) is 4.79 Å². The Bertz CT molecular complexity index is 520. The highest BCUT2D eigenvalue weighted by Gasteiger charge is 2.10. The topological polar surface area (TPSA) is 59.5 Å². The molecule has 2 rings (SSSR count). The summed E-state index contributed by atoms with van der Waals surface area (Å²) in [6.45, 7) is 0.553. The van der Waals surface area contributed by atoms with Crippen molar-refractivity contribution in [3.63, 3.8) is 0 Å². The third-order valence-corrected chi connectivity index (χ3v) is 2.73. The van der Waals surface area contributed by atoms with Gasteiger partial charge < -0.3 is 15.1 Å². The summed E-state index contributed by atoms with van der Waals surface area (Å²) < 4.78 is 4.97. The minimum absolute atomic E-state index is 0.0572. The maximum absolute atomic E-state index is 12.0. The van der Waals surface area contributed by atoms with Crippen LogP contribution in [-0.4, -0.2) is 17.9 Å². The second-order valence-electron chi connectivity index (χ2n) is 4.30. The minimum atomic E-state index is 0.0572. The smallest absolute Gasteiger partial charge is 0.227 e. The van der Waals surface area contributed by atoms with Crippen molar-refractivity contribution in [1.82, 2.24) is 4.90 Å². The fourth-order valence-electron chi connectivity index (χ4n) is 1.76. The van der Waals surface area contributed by atoms with E-state index in [0.29, 0.717) is 18.7 Å². The molecular formula is C14H16N2O2. The molecule has 4 nitrogen and oxygen atoms in total. The van der Waals surface area contributed by atoms with Gasteiger partial charge in [0.25, 0.3) is 0 Å². The molecule has 0 bridgehead atoms. The Hall–Kier alpha value is -2.23. The lowest BCUT2D eigenvalue weighted by Gasteiger charge is -2.16. The van der Waals surface area contributed by atoms with Crippen molar-refractivity contribution in [3.05, 3.63) is 54.0 Å². The van der Waals surface area contributed by atoms with Gasteiger partial charge in [0.1, 0.15) is 0 Å². The van der Waals surface area contributed by atoms with Crippen LogP contribution in [0, 0.1) is 0 Å². The summed E-state index contributed by atoms with van der Waals surface area (Å²) in [6.07, 6.45) is 3.61. The van der Waals surface area contributed by atoms with E-state index in [0.717, 1.165) is 11.1 Å². The standard InChI is InChI=1S/C14H16N2O2/c1-16(9-12-5-6-18-10-12)14(17)8-11-3-2-4-13(15)7-11/h2-7,10H,8-9,15H2,1H3. The largest absolute Gasteiger partial charge is 0.472 e. The van der Waals surface area contributed by atoms with Gasteiger partial charge in [-0.05, 0) is 23.8 Å². The summed E-state index contributed by atoms with van der Waals surface area (Å²) in [4.78, 5) is 13.7. The number of hydrogen-bond acceptors (Lipinski definition) is 3. The average molecular weight is 244 g/mol. The van der Waals surface area contributed by atoms with Gasteiger partial charge in [0, 0.05) is 24.8 Å². The van der Waals surface area contributed by atoms with E-state index in [1.807, 2.05) is 30.3 Å². The zero-order chi connectivity index (χ0) is 13.0. The summed E-state index contributed by atoms with van der Waals surface area (Å²) in [7, 11) is 1.78. The van der Waals surface area contributed by atoms with Gasteiger partial charge in [0.2, 0.25) is 5.91 Å². The average Bonchev–Trinajstić information content (AvgIpc) is 2.81. The lowest BCUT2D eigenvalue weighted by Crippen LogP contribution is -2.27. The van der Waals surface area contributed by atoms with Crippen LogP contribution in [0.15, 0.2) is 47.3 Å². The number of nitrogens with two attached hydrogens (primary N) is 1. The molecular weight excluding hydrogens is 228 g/mol. The minimum Gasteiger partial charge on any atom is -0.472 e. The molecule has 1 amide bonds. The van der Waals surface area contributed by atoms with Crippen LogP contribution in [0.5, 0.6) is 0 Å². The molecule has 18 heavy (non-hydrogen) atoms. The normalized spacial score (nSPS) is 10.3. The third kappa shape index (κ3) is 3.13. The van der Waals surface area contributed by atoms with Crippen LogP contribution in [-0.2, 0) is 17.8 Å². The molecule has 0 fully saturated rings. The predicted octanol–water partition coefficient (Wildman–Crippen LogP) is 2.06. The van der Waals surface area contributed by atoms with Crippen LogP contribution in [0.4, 0.5) is 5.69 Å². The molecule has 0 saturated carbocycles. The summed E-state index contributed by atoms with van der Waals surface area (Å²) in [5.74, 6) is 0.0572. The van der Waals surface area contributed by atoms with Crippen molar-refractivity contribution in [3.8, 4) is 0 Å². The van der Waals surface area contributed by atoms with E-state index in [1.165, 1.54) is 0 Å². The van der Waals surface area contributed by atoms with Crippen LogP contribution >= 0.6 is 0 Å². The van der Waals surface area contributed by atoms with Gasteiger partial charge in [-0.1, -0.05) is 12.1 Å². The molecule has 1 aromatic heterocycles. The van der Waals surface area contributed by atoms with E-state index in [4.69, 9.17) is 10.2 Å². The van der Waals surface area contributed by atoms with Crippen molar-refractivity contribution >= 4 is 11.6 Å². The molecule has 0 atom stereocenters. The summed E-state index contributed by atoms with van der Waals surface area (Å²) in [6, 6.07) is 9.24. The molecule has 1 aromatic carbocycles. The van der Waals surface area contributed by atoms with Crippen LogP contribution in [0.2, 0.25) is 0 Å². The number of nitrogens with zero attached hydrogens (tertiary/aromatic N) is 1.